The molecule has 0 aliphatic rings. The van der Waals surface area contributed by atoms with Crippen molar-refractivity contribution in [2.75, 3.05) is 16.8 Å². The summed E-state index contributed by atoms with van der Waals surface area (Å²) in [5.74, 6) is 0.177. The number of benzene rings is 2. The zero-order valence-corrected chi connectivity index (χ0v) is 19.4. The predicted molar refractivity (Wildman–Crippen MR) is 129 cm³/mol. The number of amides is 2. The Bertz CT molecular complexity index is 1290. The van der Waals surface area contributed by atoms with Gasteiger partial charge in [0.15, 0.2) is 11.5 Å². The maximum atomic E-state index is 13.4. The molecule has 180 valence electrons. The quantitative estimate of drug-likeness (QED) is 0.355. The Morgan fingerprint density at radius 1 is 1.09 bits per heavy atom. The molecule has 2 heterocycles. The van der Waals surface area contributed by atoms with E-state index < -0.39 is 17.8 Å². The van der Waals surface area contributed by atoms with Gasteiger partial charge in [0.25, 0.3) is 0 Å². The molecular weight excluding hydrogens is 451 g/mol. The van der Waals surface area contributed by atoms with Gasteiger partial charge in [-0.1, -0.05) is 30.3 Å². The first-order chi connectivity index (χ1) is 17.0. The Morgan fingerprint density at radius 3 is 2.49 bits per heavy atom. The summed E-state index contributed by atoms with van der Waals surface area (Å²) in [5.41, 5.74) is 1.52. The molecule has 1 N–H and O–H groups in total. The van der Waals surface area contributed by atoms with Crippen LogP contribution in [-0.2, 0) is 24.8 Å². The fourth-order valence-corrected chi connectivity index (χ4v) is 3.61. The number of esters is 1. The minimum absolute atomic E-state index is 0.00816. The van der Waals surface area contributed by atoms with Crippen molar-refractivity contribution >= 4 is 23.5 Å². The molecule has 0 spiro atoms. The third-order valence-corrected chi connectivity index (χ3v) is 5.33. The number of urea groups is 1. The molecule has 0 atom stereocenters. The van der Waals surface area contributed by atoms with E-state index >= 15 is 0 Å². The molecule has 0 bridgehead atoms. The van der Waals surface area contributed by atoms with Crippen LogP contribution >= 0.6 is 0 Å². The molecule has 4 aromatic rings. The molecule has 2 amide bonds. The van der Waals surface area contributed by atoms with Crippen molar-refractivity contribution in [1.82, 2.24) is 9.55 Å². The molecule has 0 fully saturated rings. The van der Waals surface area contributed by atoms with Crippen molar-refractivity contribution in [3.63, 3.8) is 0 Å². The lowest BCUT2D eigenvalue weighted by Crippen LogP contribution is -2.36. The van der Waals surface area contributed by atoms with Gasteiger partial charge in [-0.25, -0.2) is 19.0 Å². The van der Waals surface area contributed by atoms with E-state index in [2.05, 4.69) is 5.32 Å². The maximum Gasteiger partial charge on any atom is 0.358 e. The van der Waals surface area contributed by atoms with Crippen LogP contribution < -0.4 is 10.2 Å². The number of nitrogens with one attached hydrogen (secondary N) is 1. The first-order valence-electron chi connectivity index (χ1n) is 11.1. The summed E-state index contributed by atoms with van der Waals surface area (Å²) in [7, 11) is 1.71. The Morgan fingerprint density at radius 2 is 1.83 bits per heavy atom. The van der Waals surface area contributed by atoms with E-state index in [1.165, 1.54) is 35.4 Å². The molecule has 8 nitrogen and oxygen atoms in total. The molecule has 0 aliphatic heterocycles. The maximum absolute atomic E-state index is 13.4. The number of rotatable bonds is 8. The van der Waals surface area contributed by atoms with Gasteiger partial charge in [0.05, 0.1) is 19.4 Å². The number of halogens is 1. The number of carbonyl (C=O) groups excluding carboxylic acids is 2. The van der Waals surface area contributed by atoms with Crippen LogP contribution in [0.4, 0.5) is 20.7 Å². The fraction of sp³-hybridized carbons (Fsp3) is 0.192. The molecule has 0 saturated heterocycles. The monoisotopic (exact) mass is 476 g/mol. The zero-order valence-electron chi connectivity index (χ0n) is 19.4. The number of hydrogen-bond acceptors (Lipinski definition) is 5. The van der Waals surface area contributed by atoms with Crippen molar-refractivity contribution in [1.29, 1.82) is 0 Å². The van der Waals surface area contributed by atoms with Crippen LogP contribution in [0.5, 0.6) is 0 Å². The number of furan rings is 1. The minimum atomic E-state index is -0.601. The van der Waals surface area contributed by atoms with Gasteiger partial charge in [-0.15, -0.1) is 0 Å². The molecule has 0 radical (unpaired) electrons. The Hall–Kier alpha value is -4.40. The Balaban J connectivity index is 1.76. The highest BCUT2D eigenvalue weighted by Crippen LogP contribution is 2.26. The van der Waals surface area contributed by atoms with Gasteiger partial charge in [-0.3, -0.25) is 4.90 Å². The first kappa shape index (κ1) is 23.7. The van der Waals surface area contributed by atoms with Crippen LogP contribution in [0.1, 0.15) is 34.6 Å². The van der Waals surface area contributed by atoms with Crippen molar-refractivity contribution < 1.29 is 23.1 Å². The second-order valence-electron chi connectivity index (χ2n) is 7.74. The molecule has 35 heavy (non-hydrogen) atoms. The topological polar surface area (TPSA) is 89.6 Å². The van der Waals surface area contributed by atoms with Crippen molar-refractivity contribution in [3.05, 3.63) is 102 Å². The van der Waals surface area contributed by atoms with Gasteiger partial charge in [-0.05, 0) is 48.9 Å². The van der Waals surface area contributed by atoms with E-state index in [-0.39, 0.29) is 24.7 Å². The number of aromatic nitrogens is 2. The lowest BCUT2D eigenvalue weighted by Gasteiger charge is -2.21. The summed E-state index contributed by atoms with van der Waals surface area (Å²) in [6, 6.07) is 17.9. The van der Waals surface area contributed by atoms with E-state index in [0.717, 1.165) is 5.56 Å². The van der Waals surface area contributed by atoms with Crippen LogP contribution in [0.3, 0.4) is 0 Å². The van der Waals surface area contributed by atoms with Crippen LogP contribution in [0, 0.1) is 5.82 Å². The standard InChI is InChI=1S/C26H25FN4O4/c1-3-34-25(32)23-24(29-22(30(23)2)16-18-8-5-4-6-9-18)31(17-21-10-7-15-35-21)26(33)28-20-13-11-19(27)12-14-20/h4-15H,3,16-17H2,1-2H3,(H,28,33). The zero-order chi connectivity index (χ0) is 24.8. The lowest BCUT2D eigenvalue weighted by atomic mass is 10.1. The van der Waals surface area contributed by atoms with Crippen LogP contribution in [0.15, 0.2) is 77.4 Å². The van der Waals surface area contributed by atoms with Gasteiger partial charge in [0, 0.05) is 19.2 Å². The highest BCUT2D eigenvalue weighted by molar-refractivity contribution is 6.05. The fourth-order valence-electron chi connectivity index (χ4n) is 3.61. The summed E-state index contributed by atoms with van der Waals surface area (Å²) in [6.45, 7) is 1.88. The molecule has 2 aromatic heterocycles. The molecule has 0 unspecified atom stereocenters. The Kier molecular flexibility index (Phi) is 7.25. The number of anilines is 2. The average molecular weight is 477 g/mol. The van der Waals surface area contributed by atoms with Crippen LogP contribution in [0.25, 0.3) is 0 Å². The molecule has 0 aliphatic carbocycles. The van der Waals surface area contributed by atoms with E-state index in [0.29, 0.717) is 23.7 Å². The molecule has 4 rings (SSSR count). The van der Waals surface area contributed by atoms with Gasteiger partial charge in [0.2, 0.25) is 0 Å². The van der Waals surface area contributed by atoms with Gasteiger partial charge >= 0.3 is 12.0 Å². The number of carbonyl (C=O) groups is 2. The van der Waals surface area contributed by atoms with E-state index in [1.54, 1.807) is 30.7 Å². The molecule has 9 heteroatoms. The summed E-state index contributed by atoms with van der Waals surface area (Å²) < 4.78 is 25.7. The second kappa shape index (κ2) is 10.7. The summed E-state index contributed by atoms with van der Waals surface area (Å²) in [6.07, 6.45) is 1.94. The average Bonchev–Trinajstić information content (AvgIpc) is 3.48. The highest BCUT2D eigenvalue weighted by atomic mass is 19.1. The van der Waals surface area contributed by atoms with Crippen molar-refractivity contribution in [2.45, 2.75) is 19.9 Å². The number of nitrogens with zero attached hydrogens (tertiary/aromatic N) is 3. The highest BCUT2D eigenvalue weighted by Gasteiger charge is 2.30. The summed E-state index contributed by atoms with van der Waals surface area (Å²) in [4.78, 5) is 32.4. The number of imidazole rings is 1. The number of ether oxygens (including phenoxy) is 1. The van der Waals surface area contributed by atoms with Gasteiger partial charge in [-0.2, -0.15) is 0 Å². The normalized spacial score (nSPS) is 10.7. The van der Waals surface area contributed by atoms with Gasteiger partial charge in [0.1, 0.15) is 17.4 Å². The minimum Gasteiger partial charge on any atom is -0.467 e. The summed E-state index contributed by atoms with van der Waals surface area (Å²) >= 11 is 0. The third-order valence-electron chi connectivity index (χ3n) is 5.33. The van der Waals surface area contributed by atoms with Crippen LogP contribution in [0.2, 0.25) is 0 Å². The van der Waals surface area contributed by atoms with Gasteiger partial charge < -0.3 is 19.0 Å². The largest absolute Gasteiger partial charge is 0.467 e. The molecule has 2 aromatic carbocycles. The summed E-state index contributed by atoms with van der Waals surface area (Å²) in [5, 5.41) is 2.73. The predicted octanol–water partition coefficient (Wildman–Crippen LogP) is 5.16. The SMILES string of the molecule is CCOC(=O)c1c(N(Cc2ccco2)C(=O)Nc2ccc(F)cc2)nc(Cc2ccccc2)n1C. The first-order valence-corrected chi connectivity index (χ1v) is 11.1. The van der Waals surface area contributed by atoms with E-state index in [4.69, 9.17) is 14.1 Å². The van der Waals surface area contributed by atoms with E-state index in [1.807, 2.05) is 30.3 Å². The van der Waals surface area contributed by atoms with Crippen molar-refractivity contribution in [2.24, 2.45) is 7.05 Å². The molecular formula is C26H25FN4O4. The van der Waals surface area contributed by atoms with Crippen molar-refractivity contribution in [3.8, 4) is 0 Å². The number of hydrogen-bond donors (Lipinski definition) is 1. The lowest BCUT2D eigenvalue weighted by molar-refractivity contribution is 0.0516. The van der Waals surface area contributed by atoms with E-state index in [9.17, 15) is 14.0 Å². The molecule has 0 saturated carbocycles. The second-order valence-corrected chi connectivity index (χ2v) is 7.74. The Labute approximate surface area is 202 Å². The smallest absolute Gasteiger partial charge is 0.358 e. The third kappa shape index (κ3) is 5.57. The van der Waals surface area contributed by atoms with Crippen LogP contribution in [-0.4, -0.2) is 28.2 Å².